The summed E-state index contributed by atoms with van der Waals surface area (Å²) in [6, 6.07) is 2.22. The number of nitrogens with zero attached hydrogens (tertiary/aromatic N) is 2. The van der Waals surface area contributed by atoms with Crippen molar-refractivity contribution in [1.82, 2.24) is 4.90 Å². The summed E-state index contributed by atoms with van der Waals surface area (Å²) in [6.07, 6.45) is 3.68. The van der Waals surface area contributed by atoms with Gasteiger partial charge < -0.3 is 9.64 Å². The van der Waals surface area contributed by atoms with Gasteiger partial charge in [-0.05, 0) is 31.6 Å². The number of likely N-dealkylation sites (N-methyl/N-ethyl adjacent to an activating group) is 1. The summed E-state index contributed by atoms with van der Waals surface area (Å²) in [4.78, 5) is 13.9. The molecule has 0 aromatic rings. The highest BCUT2D eigenvalue weighted by Gasteiger charge is 2.50. The normalized spacial score (nSPS) is 36.1. The van der Waals surface area contributed by atoms with Gasteiger partial charge in [0, 0.05) is 20.2 Å². The molecule has 0 N–H and O–H groups in total. The van der Waals surface area contributed by atoms with Gasteiger partial charge >= 0.3 is 0 Å². The van der Waals surface area contributed by atoms with Crippen molar-refractivity contribution in [1.29, 1.82) is 5.26 Å². The van der Waals surface area contributed by atoms with Gasteiger partial charge in [0.2, 0.25) is 5.91 Å². The minimum atomic E-state index is -0.743. The first-order valence-corrected chi connectivity index (χ1v) is 6.36. The summed E-state index contributed by atoms with van der Waals surface area (Å²) in [6.45, 7) is 3.51. The topological polar surface area (TPSA) is 53.3 Å². The van der Waals surface area contributed by atoms with Crippen LogP contribution in [0.25, 0.3) is 0 Å². The molecule has 1 saturated carbocycles. The van der Waals surface area contributed by atoms with E-state index in [0.717, 1.165) is 19.4 Å². The highest BCUT2D eigenvalue weighted by atomic mass is 16.5. The Morgan fingerprint density at radius 1 is 1.59 bits per heavy atom. The van der Waals surface area contributed by atoms with Gasteiger partial charge in [-0.15, -0.1) is 0 Å². The first-order valence-electron chi connectivity index (χ1n) is 6.36. The summed E-state index contributed by atoms with van der Waals surface area (Å²) >= 11 is 0. The smallest absolute Gasteiger partial charge is 0.242 e. The number of hydrogen-bond acceptors (Lipinski definition) is 3. The van der Waals surface area contributed by atoms with Crippen LogP contribution in [0, 0.1) is 22.7 Å². The lowest BCUT2D eigenvalue weighted by Crippen LogP contribution is -2.50. The first-order chi connectivity index (χ1) is 8.07. The van der Waals surface area contributed by atoms with Gasteiger partial charge in [-0.2, -0.15) is 5.26 Å². The Labute approximate surface area is 103 Å². The average Bonchev–Trinajstić information content (AvgIpc) is 2.76. The molecule has 1 unspecified atom stereocenters. The second kappa shape index (κ2) is 4.66. The molecule has 4 heteroatoms. The largest absolute Gasteiger partial charge is 0.376 e. The maximum absolute atomic E-state index is 12.3. The lowest BCUT2D eigenvalue weighted by Gasteiger charge is -2.41. The van der Waals surface area contributed by atoms with Crippen LogP contribution in [0.3, 0.4) is 0 Å². The van der Waals surface area contributed by atoms with Gasteiger partial charge in [0.1, 0.15) is 5.41 Å². The zero-order chi connectivity index (χ0) is 12.5. The molecule has 1 aliphatic heterocycles. The molecule has 4 nitrogen and oxygen atoms in total. The molecule has 0 bridgehead atoms. The molecule has 2 rings (SSSR count). The first kappa shape index (κ1) is 12.4. The van der Waals surface area contributed by atoms with Crippen LogP contribution >= 0.6 is 0 Å². The molecule has 1 atom stereocenters. The molecule has 94 valence electrons. The van der Waals surface area contributed by atoms with E-state index in [0.29, 0.717) is 25.3 Å². The van der Waals surface area contributed by atoms with Gasteiger partial charge in [-0.1, -0.05) is 6.92 Å². The molecule has 2 fully saturated rings. The molecule has 1 aliphatic carbocycles. The van der Waals surface area contributed by atoms with Crippen molar-refractivity contribution in [3.05, 3.63) is 0 Å². The second-order valence-electron chi connectivity index (χ2n) is 5.53. The monoisotopic (exact) mass is 236 g/mol. The summed E-state index contributed by atoms with van der Waals surface area (Å²) in [7, 11) is 1.78. The van der Waals surface area contributed by atoms with Crippen molar-refractivity contribution in [3.63, 3.8) is 0 Å². The van der Waals surface area contributed by atoms with E-state index >= 15 is 0 Å². The molecule has 1 heterocycles. The van der Waals surface area contributed by atoms with Crippen LogP contribution in [0.2, 0.25) is 0 Å². The summed E-state index contributed by atoms with van der Waals surface area (Å²) < 4.78 is 5.52. The number of rotatable bonds is 3. The lowest BCUT2D eigenvalue weighted by molar-refractivity contribution is -0.145. The van der Waals surface area contributed by atoms with Gasteiger partial charge in [-0.25, -0.2) is 0 Å². The van der Waals surface area contributed by atoms with Crippen LogP contribution in [-0.2, 0) is 9.53 Å². The van der Waals surface area contributed by atoms with Crippen LogP contribution in [-0.4, -0.2) is 37.1 Å². The molecular weight excluding hydrogens is 216 g/mol. The molecule has 0 aromatic heterocycles. The van der Waals surface area contributed by atoms with E-state index in [4.69, 9.17) is 4.74 Å². The third kappa shape index (κ3) is 2.30. The van der Waals surface area contributed by atoms with Crippen molar-refractivity contribution < 1.29 is 9.53 Å². The van der Waals surface area contributed by atoms with E-state index in [1.54, 1.807) is 11.9 Å². The van der Waals surface area contributed by atoms with Crippen LogP contribution in [0.5, 0.6) is 0 Å². The predicted molar refractivity (Wildman–Crippen MR) is 63.1 cm³/mol. The van der Waals surface area contributed by atoms with Gasteiger partial charge in [-0.3, -0.25) is 4.79 Å². The number of carbonyl (C=O) groups excluding carboxylic acids is 1. The maximum Gasteiger partial charge on any atom is 0.242 e. The molecule has 1 amide bonds. The fraction of sp³-hybridized carbons (Fsp3) is 0.846. The van der Waals surface area contributed by atoms with Crippen LogP contribution < -0.4 is 0 Å². The third-order valence-electron chi connectivity index (χ3n) is 3.87. The maximum atomic E-state index is 12.3. The molecule has 1 saturated heterocycles. The van der Waals surface area contributed by atoms with Crippen molar-refractivity contribution in [2.45, 2.75) is 38.7 Å². The Morgan fingerprint density at radius 2 is 2.29 bits per heavy atom. The Bertz CT molecular complexity index is 336. The summed E-state index contributed by atoms with van der Waals surface area (Å²) in [5.74, 6) is 0.475. The van der Waals surface area contributed by atoms with Crippen molar-refractivity contribution in [2.75, 3.05) is 20.2 Å². The molecule has 17 heavy (non-hydrogen) atoms. The molecule has 0 aromatic carbocycles. The Balaban J connectivity index is 1.92. The van der Waals surface area contributed by atoms with Gasteiger partial charge in [0.25, 0.3) is 0 Å². The fourth-order valence-electron chi connectivity index (χ4n) is 2.99. The SMILES string of the molecule is CC1CC(C#N)(C(=O)N(C)CC2CCCO2)C1. The Hall–Kier alpha value is -1.08. The zero-order valence-electron chi connectivity index (χ0n) is 10.6. The van der Waals surface area contributed by atoms with E-state index in [9.17, 15) is 10.1 Å². The standard InChI is InChI=1S/C13H20N2O2/c1-10-6-13(7-10,9-14)12(16)15(2)8-11-4-3-5-17-11/h10-11H,3-8H2,1-2H3. The zero-order valence-corrected chi connectivity index (χ0v) is 10.6. The number of amides is 1. The van der Waals surface area contributed by atoms with Crippen LogP contribution in [0.4, 0.5) is 0 Å². The average molecular weight is 236 g/mol. The Kier molecular flexibility index (Phi) is 3.39. The summed E-state index contributed by atoms with van der Waals surface area (Å²) in [5.41, 5.74) is -0.743. The molecule has 0 radical (unpaired) electrons. The molecule has 0 spiro atoms. The van der Waals surface area contributed by atoms with Crippen molar-refractivity contribution in [3.8, 4) is 6.07 Å². The number of hydrogen-bond donors (Lipinski definition) is 0. The van der Waals surface area contributed by atoms with Crippen molar-refractivity contribution >= 4 is 5.91 Å². The van der Waals surface area contributed by atoms with Gasteiger partial charge in [0.15, 0.2) is 0 Å². The van der Waals surface area contributed by atoms with Crippen molar-refractivity contribution in [2.24, 2.45) is 11.3 Å². The summed E-state index contributed by atoms with van der Waals surface area (Å²) in [5, 5.41) is 9.21. The van der Waals surface area contributed by atoms with Crippen LogP contribution in [0.1, 0.15) is 32.6 Å². The number of nitriles is 1. The third-order valence-corrected chi connectivity index (χ3v) is 3.87. The number of carbonyl (C=O) groups is 1. The minimum absolute atomic E-state index is 0.0198. The molecule has 2 aliphatic rings. The highest BCUT2D eigenvalue weighted by Crippen LogP contribution is 2.46. The van der Waals surface area contributed by atoms with E-state index in [1.165, 1.54) is 0 Å². The minimum Gasteiger partial charge on any atom is -0.376 e. The number of ether oxygens (including phenoxy) is 1. The quantitative estimate of drug-likeness (QED) is 0.747. The van der Waals surface area contributed by atoms with E-state index < -0.39 is 5.41 Å². The van der Waals surface area contributed by atoms with E-state index in [1.807, 2.05) is 0 Å². The van der Waals surface area contributed by atoms with E-state index in [-0.39, 0.29) is 12.0 Å². The predicted octanol–water partition coefficient (Wildman–Crippen LogP) is 1.56. The second-order valence-corrected chi connectivity index (χ2v) is 5.53. The van der Waals surface area contributed by atoms with Crippen LogP contribution in [0.15, 0.2) is 0 Å². The highest BCUT2D eigenvalue weighted by molar-refractivity contribution is 5.86. The fourth-order valence-corrected chi connectivity index (χ4v) is 2.99. The molecular formula is C13H20N2O2. The van der Waals surface area contributed by atoms with Gasteiger partial charge in [0.05, 0.1) is 12.2 Å². The van der Waals surface area contributed by atoms with E-state index in [2.05, 4.69) is 13.0 Å². The lowest BCUT2D eigenvalue weighted by atomic mass is 9.63. The Morgan fingerprint density at radius 3 is 2.76 bits per heavy atom.